The Hall–Kier alpha value is 0.160. The Morgan fingerprint density at radius 2 is 2.29 bits per heavy atom. The van der Waals surface area contributed by atoms with E-state index in [1.807, 2.05) is 0 Å². The Morgan fingerprint density at radius 1 is 1.41 bits per heavy atom. The summed E-state index contributed by atoms with van der Waals surface area (Å²) in [5.74, 6) is 1.87. The lowest BCUT2D eigenvalue weighted by Crippen LogP contribution is -2.40. The lowest BCUT2D eigenvalue weighted by Gasteiger charge is -2.24. The quantitative estimate of drug-likeness (QED) is 0.875. The molecule has 3 rings (SSSR count). The van der Waals surface area contributed by atoms with Crippen LogP contribution in [-0.2, 0) is 6.54 Å². The van der Waals surface area contributed by atoms with Crippen molar-refractivity contribution in [3.63, 3.8) is 0 Å². The van der Waals surface area contributed by atoms with E-state index in [1.54, 1.807) is 0 Å². The van der Waals surface area contributed by atoms with E-state index in [0.717, 1.165) is 33.9 Å². The number of likely N-dealkylation sites (tertiary alicyclic amines) is 1. The van der Waals surface area contributed by atoms with Crippen molar-refractivity contribution in [1.29, 1.82) is 0 Å². The van der Waals surface area contributed by atoms with E-state index in [-0.39, 0.29) is 0 Å². The van der Waals surface area contributed by atoms with Crippen molar-refractivity contribution in [1.82, 2.24) is 10.2 Å². The molecule has 94 valence electrons. The van der Waals surface area contributed by atoms with Crippen LogP contribution in [0.2, 0.25) is 0 Å². The van der Waals surface area contributed by atoms with Gasteiger partial charge in [0.25, 0.3) is 0 Å². The van der Waals surface area contributed by atoms with E-state index in [1.165, 1.54) is 25.9 Å². The third kappa shape index (κ3) is 2.62. The normalized spacial score (nSPS) is 29.5. The van der Waals surface area contributed by atoms with Gasteiger partial charge in [-0.3, -0.25) is 4.90 Å². The molecule has 1 aromatic heterocycles. The molecule has 5 heteroatoms. The molecule has 2 atom stereocenters. The summed E-state index contributed by atoms with van der Waals surface area (Å²) < 4.78 is 7.43. The molecule has 2 saturated heterocycles. The van der Waals surface area contributed by atoms with Gasteiger partial charge >= 0.3 is 0 Å². The summed E-state index contributed by atoms with van der Waals surface area (Å²) in [5.41, 5.74) is 0. The van der Waals surface area contributed by atoms with Crippen LogP contribution < -0.4 is 5.32 Å². The van der Waals surface area contributed by atoms with Crippen molar-refractivity contribution in [3.8, 4) is 0 Å². The highest BCUT2D eigenvalue weighted by Gasteiger charge is 2.34. The number of rotatable bonds is 2. The monoisotopic (exact) mass is 362 g/mol. The van der Waals surface area contributed by atoms with Gasteiger partial charge in [0.05, 0.1) is 11.0 Å². The van der Waals surface area contributed by atoms with Crippen LogP contribution in [-0.4, -0.2) is 30.6 Å². The zero-order valence-electron chi connectivity index (χ0n) is 9.59. The summed E-state index contributed by atoms with van der Waals surface area (Å²) in [6, 6.07) is 2.75. The van der Waals surface area contributed by atoms with Crippen LogP contribution in [0.5, 0.6) is 0 Å². The summed E-state index contributed by atoms with van der Waals surface area (Å²) >= 11 is 6.84. The minimum absolute atomic E-state index is 0.700. The SMILES string of the molecule is Brc1cc(CN2C[C@@H]3CCCN[C@@H]3C2)oc1Br. The molecule has 0 amide bonds. The lowest BCUT2D eigenvalue weighted by atomic mass is 9.94. The second-order valence-corrected chi connectivity index (χ2v) is 6.57. The molecule has 2 fully saturated rings. The predicted octanol–water partition coefficient (Wildman–Crippen LogP) is 2.99. The second kappa shape index (κ2) is 5.03. The Labute approximate surface area is 118 Å². The molecule has 0 radical (unpaired) electrons. The van der Waals surface area contributed by atoms with Crippen LogP contribution in [0.4, 0.5) is 0 Å². The zero-order valence-corrected chi connectivity index (χ0v) is 12.8. The fourth-order valence-electron chi connectivity index (χ4n) is 2.95. The molecule has 0 saturated carbocycles. The topological polar surface area (TPSA) is 28.4 Å². The first kappa shape index (κ1) is 12.2. The molecule has 0 spiro atoms. The van der Waals surface area contributed by atoms with Gasteiger partial charge in [-0.2, -0.15) is 0 Å². The number of hydrogen-bond acceptors (Lipinski definition) is 3. The van der Waals surface area contributed by atoms with E-state index in [4.69, 9.17) is 4.42 Å². The van der Waals surface area contributed by atoms with Gasteiger partial charge in [0.15, 0.2) is 4.67 Å². The van der Waals surface area contributed by atoms with E-state index in [2.05, 4.69) is 48.1 Å². The third-order valence-electron chi connectivity index (χ3n) is 3.75. The number of hydrogen-bond donors (Lipinski definition) is 1. The van der Waals surface area contributed by atoms with Crippen molar-refractivity contribution >= 4 is 31.9 Å². The molecule has 3 nitrogen and oxygen atoms in total. The number of piperidine rings is 1. The Kier molecular flexibility index (Phi) is 3.62. The van der Waals surface area contributed by atoms with Gasteiger partial charge in [-0.05, 0) is 63.2 Å². The smallest absolute Gasteiger partial charge is 0.183 e. The number of fused-ring (bicyclic) bond motifs is 1. The maximum absolute atomic E-state index is 5.64. The van der Waals surface area contributed by atoms with Crippen molar-refractivity contribution in [3.05, 3.63) is 21.0 Å². The summed E-state index contributed by atoms with van der Waals surface area (Å²) in [4.78, 5) is 2.49. The zero-order chi connectivity index (χ0) is 11.8. The van der Waals surface area contributed by atoms with Crippen LogP contribution in [0.1, 0.15) is 18.6 Å². The summed E-state index contributed by atoms with van der Waals surface area (Å²) in [7, 11) is 0. The van der Waals surface area contributed by atoms with Crippen molar-refractivity contribution in [2.45, 2.75) is 25.4 Å². The maximum atomic E-state index is 5.64. The minimum Gasteiger partial charge on any atom is -0.452 e. The maximum Gasteiger partial charge on any atom is 0.183 e. The highest BCUT2D eigenvalue weighted by atomic mass is 79.9. The largest absolute Gasteiger partial charge is 0.452 e. The van der Waals surface area contributed by atoms with E-state index in [0.29, 0.717) is 6.04 Å². The van der Waals surface area contributed by atoms with Gasteiger partial charge in [0, 0.05) is 19.1 Å². The summed E-state index contributed by atoms with van der Waals surface area (Å²) in [6.07, 6.45) is 2.70. The Bertz CT molecular complexity index is 374. The van der Waals surface area contributed by atoms with Crippen molar-refractivity contribution in [2.75, 3.05) is 19.6 Å². The van der Waals surface area contributed by atoms with E-state index < -0.39 is 0 Å². The van der Waals surface area contributed by atoms with Gasteiger partial charge in [-0.1, -0.05) is 0 Å². The molecule has 0 aromatic carbocycles. The second-order valence-electron chi connectivity index (χ2n) is 4.99. The molecule has 2 aliphatic rings. The van der Waals surface area contributed by atoms with E-state index >= 15 is 0 Å². The summed E-state index contributed by atoms with van der Waals surface area (Å²) in [5, 5.41) is 3.62. The molecule has 0 unspecified atom stereocenters. The van der Waals surface area contributed by atoms with Gasteiger partial charge in [0.1, 0.15) is 5.76 Å². The minimum atomic E-state index is 0.700. The number of furan rings is 1. The van der Waals surface area contributed by atoms with Gasteiger partial charge < -0.3 is 9.73 Å². The molecule has 17 heavy (non-hydrogen) atoms. The molecule has 2 aliphatic heterocycles. The molecule has 0 aliphatic carbocycles. The van der Waals surface area contributed by atoms with E-state index in [9.17, 15) is 0 Å². The van der Waals surface area contributed by atoms with Crippen LogP contribution in [0, 0.1) is 5.92 Å². The lowest BCUT2D eigenvalue weighted by molar-refractivity contribution is 0.282. The first-order chi connectivity index (χ1) is 8.22. The van der Waals surface area contributed by atoms with Crippen LogP contribution >= 0.6 is 31.9 Å². The fourth-order valence-corrected chi connectivity index (χ4v) is 3.61. The van der Waals surface area contributed by atoms with Crippen molar-refractivity contribution < 1.29 is 4.42 Å². The number of halogens is 2. The number of nitrogens with zero attached hydrogens (tertiary/aromatic N) is 1. The van der Waals surface area contributed by atoms with Crippen LogP contribution in [0.25, 0.3) is 0 Å². The van der Waals surface area contributed by atoms with Gasteiger partial charge in [-0.25, -0.2) is 0 Å². The fraction of sp³-hybridized carbons (Fsp3) is 0.667. The first-order valence-electron chi connectivity index (χ1n) is 6.12. The highest BCUT2D eigenvalue weighted by Crippen LogP contribution is 2.30. The Balaban J connectivity index is 1.63. The predicted molar refractivity (Wildman–Crippen MR) is 73.9 cm³/mol. The van der Waals surface area contributed by atoms with Gasteiger partial charge in [-0.15, -0.1) is 0 Å². The summed E-state index contributed by atoms with van der Waals surface area (Å²) in [6.45, 7) is 4.46. The standard InChI is InChI=1S/C12H16Br2N2O/c13-10-4-9(17-12(10)14)6-16-5-8-2-1-3-15-11(8)7-16/h4,8,11,15H,1-3,5-7H2/t8-,11+/m0/s1. The molecular formula is C12H16Br2N2O. The number of nitrogens with one attached hydrogen (secondary N) is 1. The molecule has 0 bridgehead atoms. The Morgan fingerprint density at radius 3 is 3.00 bits per heavy atom. The average Bonchev–Trinajstić information content (AvgIpc) is 2.83. The molecule has 1 N–H and O–H groups in total. The third-order valence-corrected chi connectivity index (χ3v) is 5.46. The van der Waals surface area contributed by atoms with Crippen LogP contribution in [0.15, 0.2) is 19.6 Å². The van der Waals surface area contributed by atoms with Gasteiger partial charge in [0.2, 0.25) is 0 Å². The molecule has 3 heterocycles. The highest BCUT2D eigenvalue weighted by molar-refractivity contribution is 9.13. The van der Waals surface area contributed by atoms with Crippen LogP contribution in [0.3, 0.4) is 0 Å². The molecular weight excluding hydrogens is 348 g/mol. The first-order valence-corrected chi connectivity index (χ1v) is 7.70. The van der Waals surface area contributed by atoms with Crippen molar-refractivity contribution in [2.24, 2.45) is 5.92 Å². The average molecular weight is 364 g/mol. The molecule has 1 aromatic rings.